The number of hydrogen-bond acceptors (Lipinski definition) is 6. The summed E-state index contributed by atoms with van der Waals surface area (Å²) in [6, 6.07) is 0.961. The first-order valence-corrected chi connectivity index (χ1v) is 8.21. The summed E-state index contributed by atoms with van der Waals surface area (Å²) in [7, 11) is 0. The zero-order valence-corrected chi connectivity index (χ0v) is 12.8. The molecule has 1 aromatic rings. The van der Waals surface area contributed by atoms with Crippen molar-refractivity contribution in [3.63, 3.8) is 0 Å². The van der Waals surface area contributed by atoms with Crippen molar-refractivity contribution in [2.45, 2.75) is 56.9 Å². The van der Waals surface area contributed by atoms with Gasteiger partial charge in [-0.15, -0.1) is 5.10 Å². The minimum Gasteiger partial charge on any atom is -0.407 e. The largest absolute Gasteiger partial charge is 0.407 e. The minimum absolute atomic E-state index is 0.352. The monoisotopic (exact) mass is 284 g/mol. The molecule has 0 radical (unpaired) electrons. The Hall–Kier alpha value is -0.750. The molecule has 1 aliphatic carbocycles. The van der Waals surface area contributed by atoms with E-state index in [0.717, 1.165) is 6.54 Å². The maximum Gasteiger partial charge on any atom is 0.315 e. The summed E-state index contributed by atoms with van der Waals surface area (Å²) in [5.41, 5.74) is 0. The topological polar surface area (TPSA) is 63.0 Å². The maximum absolute atomic E-state index is 5.58. The summed E-state index contributed by atoms with van der Waals surface area (Å²) in [4.78, 5) is 0. The van der Waals surface area contributed by atoms with Crippen molar-refractivity contribution in [2.75, 3.05) is 18.1 Å². The zero-order chi connectivity index (χ0) is 13.7. The molecule has 2 rings (SSSR count). The molecule has 5 nitrogen and oxygen atoms in total. The van der Waals surface area contributed by atoms with Gasteiger partial charge in [-0.3, -0.25) is 0 Å². The van der Waals surface area contributed by atoms with E-state index < -0.39 is 0 Å². The van der Waals surface area contributed by atoms with Gasteiger partial charge in [0.25, 0.3) is 0 Å². The zero-order valence-electron chi connectivity index (χ0n) is 12.0. The second kappa shape index (κ2) is 6.61. The first-order chi connectivity index (χ1) is 9.13. The van der Waals surface area contributed by atoms with E-state index in [2.05, 4.69) is 40.9 Å². The molecule has 1 aliphatic rings. The smallest absolute Gasteiger partial charge is 0.315 e. The van der Waals surface area contributed by atoms with E-state index in [0.29, 0.717) is 29.2 Å². The number of hydrogen-bond donors (Lipinski definition) is 2. The van der Waals surface area contributed by atoms with Crippen molar-refractivity contribution in [3.05, 3.63) is 5.89 Å². The predicted molar refractivity (Wildman–Crippen MR) is 79.5 cm³/mol. The lowest BCUT2D eigenvalue weighted by molar-refractivity contribution is 0.456. The average Bonchev–Trinajstić information content (AvgIpc) is 3.04. The van der Waals surface area contributed by atoms with Gasteiger partial charge in [-0.25, -0.2) is 0 Å². The second-order valence-electron chi connectivity index (χ2n) is 5.48. The van der Waals surface area contributed by atoms with Crippen molar-refractivity contribution in [2.24, 2.45) is 0 Å². The lowest BCUT2D eigenvalue weighted by Crippen LogP contribution is -2.30. The van der Waals surface area contributed by atoms with Crippen LogP contribution in [0.4, 0.5) is 6.01 Å². The van der Waals surface area contributed by atoms with E-state index in [9.17, 15) is 0 Å². The molecule has 0 spiro atoms. The molecular formula is C13H24N4OS. The highest BCUT2D eigenvalue weighted by atomic mass is 32.2. The lowest BCUT2D eigenvalue weighted by Gasteiger charge is -2.26. The summed E-state index contributed by atoms with van der Waals surface area (Å²) in [5.74, 6) is 0.640. The molecule has 19 heavy (non-hydrogen) atoms. The maximum atomic E-state index is 5.58. The third-order valence-electron chi connectivity index (χ3n) is 3.64. The van der Waals surface area contributed by atoms with Crippen LogP contribution in [0.5, 0.6) is 0 Å². The van der Waals surface area contributed by atoms with E-state index in [1.807, 2.05) is 11.8 Å². The Morgan fingerprint density at radius 2 is 2.05 bits per heavy atom. The van der Waals surface area contributed by atoms with Crippen LogP contribution >= 0.6 is 11.8 Å². The molecule has 1 aromatic heterocycles. The van der Waals surface area contributed by atoms with Crippen LogP contribution in [0.2, 0.25) is 0 Å². The van der Waals surface area contributed by atoms with Crippen LogP contribution in [0.1, 0.15) is 45.4 Å². The van der Waals surface area contributed by atoms with Crippen LogP contribution in [0, 0.1) is 0 Å². The number of anilines is 1. The number of thioether (sulfide) groups is 1. The fraction of sp³-hybridized carbons (Fsp3) is 0.846. The van der Waals surface area contributed by atoms with Crippen LogP contribution in [0.15, 0.2) is 4.42 Å². The van der Waals surface area contributed by atoms with Crippen LogP contribution in [0.25, 0.3) is 0 Å². The second-order valence-corrected chi connectivity index (χ2v) is 6.76. The Morgan fingerprint density at radius 3 is 2.68 bits per heavy atom. The molecule has 2 N–H and O–H groups in total. The van der Waals surface area contributed by atoms with Gasteiger partial charge in [0, 0.05) is 17.3 Å². The van der Waals surface area contributed by atoms with E-state index in [1.54, 1.807) is 0 Å². The minimum atomic E-state index is 0.352. The Labute approximate surface area is 119 Å². The SMILES string of the molecule is CSC1(CNc2nnc(CNC(C)C)o2)CCCC1. The Balaban J connectivity index is 1.82. The van der Waals surface area contributed by atoms with Gasteiger partial charge < -0.3 is 15.1 Å². The van der Waals surface area contributed by atoms with Crippen LogP contribution in [-0.4, -0.2) is 33.8 Å². The molecule has 108 valence electrons. The van der Waals surface area contributed by atoms with Crippen molar-refractivity contribution < 1.29 is 4.42 Å². The van der Waals surface area contributed by atoms with Gasteiger partial charge in [-0.2, -0.15) is 11.8 Å². The lowest BCUT2D eigenvalue weighted by atomic mass is 10.1. The highest BCUT2D eigenvalue weighted by Gasteiger charge is 2.33. The van der Waals surface area contributed by atoms with E-state index in [4.69, 9.17) is 4.42 Å². The summed E-state index contributed by atoms with van der Waals surface area (Å²) < 4.78 is 5.93. The quantitative estimate of drug-likeness (QED) is 0.802. The van der Waals surface area contributed by atoms with Gasteiger partial charge in [0.05, 0.1) is 6.54 Å². The Morgan fingerprint density at radius 1 is 1.32 bits per heavy atom. The first kappa shape index (κ1) is 14.7. The highest BCUT2D eigenvalue weighted by molar-refractivity contribution is 8.00. The number of nitrogens with one attached hydrogen (secondary N) is 2. The fourth-order valence-corrected chi connectivity index (χ4v) is 3.31. The summed E-state index contributed by atoms with van der Waals surface area (Å²) in [6.45, 7) is 5.73. The van der Waals surface area contributed by atoms with Gasteiger partial charge in [0.15, 0.2) is 0 Å². The average molecular weight is 284 g/mol. The van der Waals surface area contributed by atoms with Crippen molar-refractivity contribution in [1.82, 2.24) is 15.5 Å². The molecule has 0 unspecified atom stereocenters. The Bertz CT molecular complexity index is 388. The molecule has 0 saturated heterocycles. The third-order valence-corrected chi connectivity index (χ3v) is 5.06. The van der Waals surface area contributed by atoms with E-state index in [1.165, 1.54) is 25.7 Å². The molecule has 0 atom stereocenters. The van der Waals surface area contributed by atoms with E-state index >= 15 is 0 Å². The summed E-state index contributed by atoms with van der Waals surface area (Å²) in [5, 5.41) is 14.6. The highest BCUT2D eigenvalue weighted by Crippen LogP contribution is 2.40. The van der Waals surface area contributed by atoms with Crippen molar-refractivity contribution in [1.29, 1.82) is 0 Å². The van der Waals surface area contributed by atoms with Gasteiger partial charge in [0.1, 0.15) is 0 Å². The van der Waals surface area contributed by atoms with Crippen LogP contribution < -0.4 is 10.6 Å². The van der Waals surface area contributed by atoms with E-state index in [-0.39, 0.29) is 0 Å². The van der Waals surface area contributed by atoms with Crippen LogP contribution in [-0.2, 0) is 6.54 Å². The number of rotatable bonds is 7. The first-order valence-electron chi connectivity index (χ1n) is 6.98. The van der Waals surface area contributed by atoms with Crippen molar-refractivity contribution in [3.8, 4) is 0 Å². The van der Waals surface area contributed by atoms with Gasteiger partial charge in [-0.05, 0) is 19.1 Å². The molecule has 6 heteroatoms. The molecule has 1 fully saturated rings. The number of aromatic nitrogens is 2. The molecular weight excluding hydrogens is 260 g/mol. The summed E-state index contributed by atoms with van der Waals surface area (Å²) in [6.07, 6.45) is 7.40. The fourth-order valence-electron chi connectivity index (χ4n) is 2.40. The third kappa shape index (κ3) is 4.11. The number of nitrogens with zero attached hydrogens (tertiary/aromatic N) is 2. The van der Waals surface area contributed by atoms with Crippen LogP contribution in [0.3, 0.4) is 0 Å². The molecule has 1 heterocycles. The predicted octanol–water partition coefficient (Wildman–Crippen LogP) is 2.66. The Kier molecular flexibility index (Phi) is 5.10. The molecule has 0 bridgehead atoms. The molecule has 1 saturated carbocycles. The summed E-state index contributed by atoms with van der Waals surface area (Å²) >= 11 is 1.96. The normalized spacial score (nSPS) is 18.1. The molecule has 0 aliphatic heterocycles. The van der Waals surface area contributed by atoms with Crippen molar-refractivity contribution >= 4 is 17.8 Å². The molecule has 0 amide bonds. The van der Waals surface area contributed by atoms with Gasteiger partial charge in [0.2, 0.25) is 5.89 Å². The van der Waals surface area contributed by atoms with Gasteiger partial charge in [-0.1, -0.05) is 31.8 Å². The van der Waals surface area contributed by atoms with Gasteiger partial charge >= 0.3 is 6.01 Å². The standard InChI is InChI=1S/C13H24N4OS/c1-10(2)14-8-11-16-17-12(18-11)15-9-13(19-3)6-4-5-7-13/h10,14H,4-9H2,1-3H3,(H,15,17). The molecule has 0 aromatic carbocycles.